The Balaban J connectivity index is 1.62. The quantitative estimate of drug-likeness (QED) is 0.865. The van der Waals surface area contributed by atoms with Gasteiger partial charge >= 0.3 is 6.09 Å². The molecule has 3 rings (SSSR count). The zero-order chi connectivity index (χ0) is 19.2. The van der Waals surface area contributed by atoms with Crippen LogP contribution in [0, 0.1) is 0 Å². The van der Waals surface area contributed by atoms with Gasteiger partial charge in [0, 0.05) is 43.0 Å². The molecule has 0 aliphatic carbocycles. The lowest BCUT2D eigenvalue weighted by atomic mass is 10.2. The Morgan fingerprint density at radius 3 is 2.44 bits per heavy atom. The van der Waals surface area contributed by atoms with Crippen molar-refractivity contribution in [1.82, 2.24) is 19.8 Å². The lowest BCUT2D eigenvalue weighted by Crippen LogP contribution is -2.50. The smallest absolute Gasteiger partial charge is 0.409 e. The number of halogens is 1. The number of piperazine rings is 1. The first-order valence-electron chi connectivity index (χ1n) is 8.62. The van der Waals surface area contributed by atoms with E-state index in [1.54, 1.807) is 34.9 Å². The topological polar surface area (TPSA) is 87.7 Å². The van der Waals surface area contributed by atoms with Gasteiger partial charge in [0.2, 0.25) is 0 Å². The van der Waals surface area contributed by atoms with E-state index in [0.29, 0.717) is 49.3 Å². The predicted octanol–water partition coefficient (Wildman–Crippen LogP) is 2.79. The minimum absolute atomic E-state index is 0.194. The summed E-state index contributed by atoms with van der Waals surface area (Å²) in [5.41, 5.74) is 1.10. The van der Waals surface area contributed by atoms with E-state index < -0.39 is 0 Å². The first kappa shape index (κ1) is 18.9. The maximum absolute atomic E-state index is 12.7. The molecule has 2 aromatic rings. The van der Waals surface area contributed by atoms with E-state index in [-0.39, 0.29) is 12.0 Å². The summed E-state index contributed by atoms with van der Waals surface area (Å²) < 4.78 is 4.99. The lowest BCUT2D eigenvalue weighted by molar-refractivity contribution is 0.0566. The molecule has 0 radical (unpaired) electrons. The van der Waals surface area contributed by atoms with E-state index in [0.717, 1.165) is 5.69 Å². The largest absolute Gasteiger partial charge is 0.450 e. The zero-order valence-electron chi connectivity index (χ0n) is 14.9. The third-order valence-electron chi connectivity index (χ3n) is 4.10. The summed E-state index contributed by atoms with van der Waals surface area (Å²) in [6, 6.07) is 8.77. The molecule has 0 bridgehead atoms. The first-order chi connectivity index (χ1) is 13.1. The van der Waals surface area contributed by atoms with Gasteiger partial charge in [0.25, 0.3) is 5.91 Å². The van der Waals surface area contributed by atoms with Crippen LogP contribution in [0.1, 0.15) is 17.4 Å². The molecule has 9 heteroatoms. The standard InChI is InChI=1S/C18H20ClN5O3/c1-2-27-18(26)24-9-7-23(8-10-24)17(25)15-11-16(21-12-20-15)22-14-5-3-13(19)4-6-14/h3-6,11-12H,2,7-10H2,1H3,(H,20,21,22). The third kappa shape index (κ3) is 4.85. The summed E-state index contributed by atoms with van der Waals surface area (Å²) >= 11 is 5.88. The zero-order valence-corrected chi connectivity index (χ0v) is 15.6. The number of benzene rings is 1. The molecule has 0 atom stereocenters. The van der Waals surface area contributed by atoms with Crippen LogP contribution in [-0.4, -0.2) is 64.6 Å². The highest BCUT2D eigenvalue weighted by Gasteiger charge is 2.26. The summed E-state index contributed by atoms with van der Waals surface area (Å²) in [5.74, 6) is 0.320. The van der Waals surface area contributed by atoms with Crippen LogP contribution in [0.3, 0.4) is 0 Å². The molecule has 8 nitrogen and oxygen atoms in total. The number of nitrogens with zero attached hydrogens (tertiary/aromatic N) is 4. The number of amides is 2. The molecule has 1 aromatic heterocycles. The highest BCUT2D eigenvalue weighted by molar-refractivity contribution is 6.30. The number of carbonyl (C=O) groups is 2. The fourth-order valence-corrected chi connectivity index (χ4v) is 2.82. The minimum atomic E-state index is -0.346. The molecule has 1 N–H and O–H groups in total. The Hall–Kier alpha value is -2.87. The number of rotatable bonds is 4. The van der Waals surface area contributed by atoms with Crippen LogP contribution >= 0.6 is 11.6 Å². The molecule has 1 aromatic carbocycles. The molecule has 0 unspecified atom stereocenters. The summed E-state index contributed by atoms with van der Waals surface area (Å²) in [5, 5.41) is 3.76. The van der Waals surface area contributed by atoms with Crippen molar-refractivity contribution in [3.8, 4) is 0 Å². The number of anilines is 2. The number of nitrogens with one attached hydrogen (secondary N) is 1. The second-order valence-electron chi connectivity index (χ2n) is 5.90. The summed E-state index contributed by atoms with van der Waals surface area (Å²) in [6.07, 6.45) is 1.00. The number of hydrogen-bond acceptors (Lipinski definition) is 6. The Morgan fingerprint density at radius 2 is 1.78 bits per heavy atom. The van der Waals surface area contributed by atoms with Gasteiger partial charge in [-0.15, -0.1) is 0 Å². The van der Waals surface area contributed by atoms with Crippen molar-refractivity contribution in [1.29, 1.82) is 0 Å². The normalized spacial score (nSPS) is 14.0. The van der Waals surface area contributed by atoms with Gasteiger partial charge < -0.3 is 19.9 Å². The van der Waals surface area contributed by atoms with Crippen LogP contribution in [0.15, 0.2) is 36.7 Å². The van der Waals surface area contributed by atoms with Crippen molar-refractivity contribution >= 4 is 35.1 Å². The molecule has 1 aliphatic heterocycles. The van der Waals surface area contributed by atoms with Crippen LogP contribution in [0.2, 0.25) is 5.02 Å². The van der Waals surface area contributed by atoms with Crippen LogP contribution in [-0.2, 0) is 4.74 Å². The number of carbonyl (C=O) groups excluding carboxylic acids is 2. The number of ether oxygens (including phenoxy) is 1. The Morgan fingerprint density at radius 1 is 1.11 bits per heavy atom. The van der Waals surface area contributed by atoms with Gasteiger partial charge in [0.15, 0.2) is 0 Å². The predicted molar refractivity (Wildman–Crippen MR) is 101 cm³/mol. The minimum Gasteiger partial charge on any atom is -0.450 e. The molecule has 1 aliphatic rings. The lowest BCUT2D eigenvalue weighted by Gasteiger charge is -2.33. The Kier molecular flexibility index (Phi) is 6.08. The van der Waals surface area contributed by atoms with Gasteiger partial charge in [-0.25, -0.2) is 14.8 Å². The SMILES string of the molecule is CCOC(=O)N1CCN(C(=O)c2cc(Nc3ccc(Cl)cc3)ncn2)CC1. The summed E-state index contributed by atoms with van der Waals surface area (Å²) in [7, 11) is 0. The van der Waals surface area contributed by atoms with Gasteiger partial charge in [-0.3, -0.25) is 4.79 Å². The molecule has 142 valence electrons. The number of aromatic nitrogens is 2. The van der Waals surface area contributed by atoms with Crippen LogP contribution in [0.4, 0.5) is 16.3 Å². The Labute approximate surface area is 162 Å². The van der Waals surface area contributed by atoms with Crippen molar-refractivity contribution in [2.75, 3.05) is 38.1 Å². The van der Waals surface area contributed by atoms with E-state index in [1.165, 1.54) is 6.33 Å². The molecular weight excluding hydrogens is 370 g/mol. The molecule has 27 heavy (non-hydrogen) atoms. The van der Waals surface area contributed by atoms with Gasteiger partial charge in [0.1, 0.15) is 17.8 Å². The maximum atomic E-state index is 12.7. The third-order valence-corrected chi connectivity index (χ3v) is 4.35. The van der Waals surface area contributed by atoms with Crippen LogP contribution in [0.5, 0.6) is 0 Å². The van der Waals surface area contributed by atoms with Crippen molar-refractivity contribution in [3.63, 3.8) is 0 Å². The number of hydrogen-bond donors (Lipinski definition) is 1. The Bertz CT molecular complexity index is 807. The molecular formula is C18H20ClN5O3. The molecule has 1 saturated heterocycles. The maximum Gasteiger partial charge on any atom is 0.409 e. The van der Waals surface area contributed by atoms with Crippen molar-refractivity contribution in [3.05, 3.63) is 47.4 Å². The highest BCUT2D eigenvalue weighted by atomic mass is 35.5. The average molecular weight is 390 g/mol. The van der Waals surface area contributed by atoms with Crippen molar-refractivity contribution in [2.45, 2.75) is 6.92 Å². The van der Waals surface area contributed by atoms with Crippen molar-refractivity contribution < 1.29 is 14.3 Å². The van der Waals surface area contributed by atoms with Gasteiger partial charge in [-0.2, -0.15) is 0 Å². The van der Waals surface area contributed by atoms with E-state index in [1.807, 2.05) is 12.1 Å². The second-order valence-corrected chi connectivity index (χ2v) is 6.33. The summed E-state index contributed by atoms with van der Waals surface area (Å²) in [4.78, 5) is 36.0. The van der Waals surface area contributed by atoms with E-state index in [9.17, 15) is 9.59 Å². The van der Waals surface area contributed by atoms with Gasteiger partial charge in [-0.1, -0.05) is 11.6 Å². The van der Waals surface area contributed by atoms with Crippen LogP contribution < -0.4 is 5.32 Å². The van der Waals surface area contributed by atoms with Crippen LogP contribution in [0.25, 0.3) is 0 Å². The molecule has 2 amide bonds. The second kappa shape index (κ2) is 8.68. The summed E-state index contributed by atoms with van der Waals surface area (Å²) in [6.45, 7) is 3.84. The fraction of sp³-hybridized carbons (Fsp3) is 0.333. The van der Waals surface area contributed by atoms with E-state index in [2.05, 4.69) is 15.3 Å². The molecule has 0 saturated carbocycles. The molecule has 2 heterocycles. The molecule has 1 fully saturated rings. The first-order valence-corrected chi connectivity index (χ1v) is 9.00. The molecule has 0 spiro atoms. The van der Waals surface area contributed by atoms with Gasteiger partial charge in [-0.05, 0) is 31.2 Å². The van der Waals surface area contributed by atoms with Gasteiger partial charge in [0.05, 0.1) is 6.61 Å². The highest BCUT2D eigenvalue weighted by Crippen LogP contribution is 2.18. The fourth-order valence-electron chi connectivity index (χ4n) is 2.69. The average Bonchev–Trinajstić information content (AvgIpc) is 2.70. The van der Waals surface area contributed by atoms with E-state index >= 15 is 0 Å². The van der Waals surface area contributed by atoms with E-state index in [4.69, 9.17) is 16.3 Å². The van der Waals surface area contributed by atoms with Crippen molar-refractivity contribution in [2.24, 2.45) is 0 Å². The monoisotopic (exact) mass is 389 g/mol.